The van der Waals surface area contributed by atoms with E-state index in [2.05, 4.69) is 5.32 Å². The zero-order valence-corrected chi connectivity index (χ0v) is 12.6. The number of benzene rings is 1. The smallest absolute Gasteiger partial charge is 0.111 e. The van der Waals surface area contributed by atoms with Crippen LogP contribution in [-0.2, 0) is 0 Å². The number of hydrogen-bond acceptors (Lipinski definition) is 6. The molecular formula is C15H20ClNO5. The minimum Gasteiger partial charge on any atom is -0.392 e. The fourth-order valence-electron chi connectivity index (χ4n) is 2.48. The molecule has 1 aliphatic rings. The Morgan fingerprint density at radius 2 is 1.82 bits per heavy atom. The lowest BCUT2D eigenvalue weighted by Crippen LogP contribution is -2.54. The Morgan fingerprint density at radius 3 is 2.45 bits per heavy atom. The van der Waals surface area contributed by atoms with E-state index in [1.54, 1.807) is 24.3 Å². The highest BCUT2D eigenvalue weighted by Crippen LogP contribution is 2.23. The fraction of sp³-hybridized carbons (Fsp3) is 0.467. The molecule has 0 heterocycles. The van der Waals surface area contributed by atoms with Crippen molar-refractivity contribution in [1.82, 2.24) is 5.32 Å². The van der Waals surface area contributed by atoms with Gasteiger partial charge in [0.2, 0.25) is 0 Å². The Morgan fingerprint density at radius 1 is 1.14 bits per heavy atom. The monoisotopic (exact) mass is 329 g/mol. The molecule has 0 saturated heterocycles. The number of halogens is 1. The predicted molar refractivity (Wildman–Crippen MR) is 81.4 cm³/mol. The van der Waals surface area contributed by atoms with Gasteiger partial charge in [-0.2, -0.15) is 0 Å². The third-order valence-corrected chi connectivity index (χ3v) is 4.15. The highest BCUT2D eigenvalue weighted by molar-refractivity contribution is 6.31. The summed E-state index contributed by atoms with van der Waals surface area (Å²) in [5, 5.41) is 52.0. The molecule has 0 bridgehead atoms. The maximum atomic E-state index is 10.1. The summed E-state index contributed by atoms with van der Waals surface area (Å²) in [6.07, 6.45) is -3.38. The number of hydrogen-bond donors (Lipinski definition) is 6. The molecular weight excluding hydrogens is 310 g/mol. The molecule has 5 atom stereocenters. The molecule has 122 valence electrons. The first kappa shape index (κ1) is 17.4. The quantitative estimate of drug-likeness (QED) is 0.400. The molecule has 1 aromatic carbocycles. The lowest BCUT2D eigenvalue weighted by molar-refractivity contribution is -0.0650. The largest absolute Gasteiger partial charge is 0.392 e. The summed E-state index contributed by atoms with van der Waals surface area (Å²) in [5.41, 5.74) is 0.774. The van der Waals surface area contributed by atoms with Crippen molar-refractivity contribution < 1.29 is 25.5 Å². The van der Waals surface area contributed by atoms with Gasteiger partial charge < -0.3 is 30.8 Å². The molecule has 0 aromatic heterocycles. The van der Waals surface area contributed by atoms with Crippen LogP contribution in [-0.4, -0.2) is 63.0 Å². The molecule has 0 aliphatic heterocycles. The molecule has 0 saturated carbocycles. The van der Waals surface area contributed by atoms with Gasteiger partial charge >= 0.3 is 0 Å². The first-order chi connectivity index (χ1) is 10.5. The van der Waals surface area contributed by atoms with Crippen molar-refractivity contribution in [3.8, 4) is 0 Å². The molecule has 0 amide bonds. The van der Waals surface area contributed by atoms with Crippen molar-refractivity contribution in [3.05, 3.63) is 46.5 Å². The van der Waals surface area contributed by atoms with Crippen LogP contribution in [0.1, 0.15) is 11.7 Å². The first-order valence-corrected chi connectivity index (χ1v) is 7.35. The second kappa shape index (κ2) is 7.52. The van der Waals surface area contributed by atoms with Crippen LogP contribution in [0.25, 0.3) is 0 Å². The summed E-state index contributed by atoms with van der Waals surface area (Å²) >= 11 is 6.00. The Labute approximate surface area is 133 Å². The van der Waals surface area contributed by atoms with Gasteiger partial charge in [0.05, 0.1) is 18.8 Å². The SMILES string of the molecule is OCC1=CC(NCC(O)c2ccccc2Cl)C(O)C(O)C1O. The lowest BCUT2D eigenvalue weighted by Gasteiger charge is -2.35. The van der Waals surface area contributed by atoms with Crippen LogP contribution in [0.4, 0.5) is 0 Å². The van der Waals surface area contributed by atoms with E-state index in [-0.39, 0.29) is 12.1 Å². The van der Waals surface area contributed by atoms with E-state index in [0.717, 1.165) is 0 Å². The molecule has 0 spiro atoms. The molecule has 2 rings (SSSR count). The summed E-state index contributed by atoms with van der Waals surface area (Å²) in [4.78, 5) is 0. The Hall–Kier alpha value is -0.990. The van der Waals surface area contributed by atoms with Crippen LogP contribution < -0.4 is 5.32 Å². The standard InChI is InChI=1S/C15H20ClNO5/c16-10-4-2-1-3-9(10)12(19)6-17-11-5-8(7-18)13(20)15(22)14(11)21/h1-5,11-15,17-22H,6-7H2. The third-order valence-electron chi connectivity index (χ3n) is 3.81. The van der Waals surface area contributed by atoms with E-state index in [0.29, 0.717) is 10.6 Å². The van der Waals surface area contributed by atoms with Gasteiger partial charge in [0, 0.05) is 17.1 Å². The molecule has 1 aliphatic carbocycles. The number of rotatable bonds is 5. The second-order valence-electron chi connectivity index (χ2n) is 5.30. The molecule has 6 nitrogen and oxygen atoms in total. The maximum Gasteiger partial charge on any atom is 0.111 e. The minimum atomic E-state index is -1.40. The van der Waals surface area contributed by atoms with Crippen LogP contribution in [0.3, 0.4) is 0 Å². The molecule has 5 unspecified atom stereocenters. The number of aliphatic hydroxyl groups excluding tert-OH is 5. The Balaban J connectivity index is 2.04. The number of nitrogens with one attached hydrogen (secondary N) is 1. The van der Waals surface area contributed by atoms with Crippen molar-refractivity contribution in [3.63, 3.8) is 0 Å². The molecule has 22 heavy (non-hydrogen) atoms. The normalized spacial score (nSPS) is 30.0. The zero-order valence-electron chi connectivity index (χ0n) is 11.8. The van der Waals surface area contributed by atoms with Gasteiger partial charge in [0.1, 0.15) is 18.3 Å². The van der Waals surface area contributed by atoms with Crippen LogP contribution >= 0.6 is 11.6 Å². The van der Waals surface area contributed by atoms with Gasteiger partial charge in [0.25, 0.3) is 0 Å². The van der Waals surface area contributed by atoms with Crippen molar-refractivity contribution in [2.75, 3.05) is 13.2 Å². The number of aliphatic hydroxyl groups is 5. The van der Waals surface area contributed by atoms with E-state index in [4.69, 9.17) is 16.7 Å². The van der Waals surface area contributed by atoms with Crippen molar-refractivity contribution in [2.24, 2.45) is 0 Å². The average molecular weight is 330 g/mol. The van der Waals surface area contributed by atoms with Crippen molar-refractivity contribution in [2.45, 2.75) is 30.5 Å². The van der Waals surface area contributed by atoms with E-state index in [9.17, 15) is 20.4 Å². The van der Waals surface area contributed by atoms with E-state index in [1.807, 2.05) is 0 Å². The van der Waals surface area contributed by atoms with Gasteiger partial charge in [-0.3, -0.25) is 0 Å². The summed E-state index contributed by atoms with van der Waals surface area (Å²) in [5.74, 6) is 0. The second-order valence-corrected chi connectivity index (χ2v) is 5.70. The first-order valence-electron chi connectivity index (χ1n) is 6.97. The van der Waals surface area contributed by atoms with Crippen molar-refractivity contribution in [1.29, 1.82) is 0 Å². The highest BCUT2D eigenvalue weighted by atomic mass is 35.5. The fourth-order valence-corrected chi connectivity index (χ4v) is 2.74. The van der Waals surface area contributed by atoms with Gasteiger partial charge in [0.15, 0.2) is 0 Å². The van der Waals surface area contributed by atoms with Crippen LogP contribution in [0.15, 0.2) is 35.9 Å². The van der Waals surface area contributed by atoms with Gasteiger partial charge in [-0.25, -0.2) is 0 Å². The van der Waals surface area contributed by atoms with E-state index < -0.39 is 37.1 Å². The molecule has 0 radical (unpaired) electrons. The lowest BCUT2D eigenvalue weighted by atomic mass is 9.88. The molecule has 6 N–H and O–H groups in total. The topological polar surface area (TPSA) is 113 Å². The molecule has 1 aromatic rings. The Kier molecular flexibility index (Phi) is 5.94. The average Bonchev–Trinajstić information content (AvgIpc) is 2.52. The maximum absolute atomic E-state index is 10.1. The van der Waals surface area contributed by atoms with Crippen molar-refractivity contribution >= 4 is 11.6 Å². The van der Waals surface area contributed by atoms with Gasteiger partial charge in [-0.1, -0.05) is 35.9 Å². The van der Waals surface area contributed by atoms with E-state index >= 15 is 0 Å². The minimum absolute atomic E-state index is 0.0868. The molecule has 7 heteroatoms. The Bertz CT molecular complexity index is 538. The van der Waals surface area contributed by atoms with E-state index in [1.165, 1.54) is 6.08 Å². The van der Waals surface area contributed by atoms with Crippen LogP contribution in [0.2, 0.25) is 5.02 Å². The summed E-state index contributed by atoms with van der Waals surface area (Å²) in [6, 6.07) is 6.17. The predicted octanol–water partition coefficient (Wildman–Crippen LogP) is -0.653. The zero-order chi connectivity index (χ0) is 16.3. The highest BCUT2D eigenvalue weighted by Gasteiger charge is 2.36. The van der Waals surface area contributed by atoms with Gasteiger partial charge in [-0.15, -0.1) is 0 Å². The summed E-state index contributed by atoms with van der Waals surface area (Å²) < 4.78 is 0. The summed E-state index contributed by atoms with van der Waals surface area (Å²) in [7, 11) is 0. The van der Waals surface area contributed by atoms with Crippen LogP contribution in [0.5, 0.6) is 0 Å². The third kappa shape index (κ3) is 3.67. The summed E-state index contributed by atoms with van der Waals surface area (Å²) in [6.45, 7) is -0.334. The molecule has 0 fully saturated rings. The van der Waals surface area contributed by atoms with Crippen LogP contribution in [0, 0.1) is 0 Å². The van der Waals surface area contributed by atoms with Gasteiger partial charge in [-0.05, 0) is 11.6 Å².